The van der Waals surface area contributed by atoms with E-state index in [1.165, 1.54) is 0 Å². The van der Waals surface area contributed by atoms with E-state index < -0.39 is 0 Å². The van der Waals surface area contributed by atoms with Gasteiger partial charge in [0, 0.05) is 35.9 Å². The largest absolute Gasteiger partial charge is 0.365 e. The molecule has 4 rings (SSSR count). The van der Waals surface area contributed by atoms with Crippen LogP contribution in [0.5, 0.6) is 0 Å². The number of pyridine rings is 1. The number of hydrogen-bond acceptors (Lipinski definition) is 2. The van der Waals surface area contributed by atoms with Crippen molar-refractivity contribution in [1.82, 2.24) is 9.97 Å². The second-order valence-corrected chi connectivity index (χ2v) is 6.52. The Balaban J connectivity index is 1.51. The fourth-order valence-electron chi connectivity index (χ4n) is 3.13. The first-order valence-electron chi connectivity index (χ1n) is 9.22. The highest BCUT2D eigenvalue weighted by molar-refractivity contribution is 5.77. The van der Waals surface area contributed by atoms with Crippen LogP contribution < -0.4 is 4.90 Å². The number of benzene rings is 2. The molecule has 0 fully saturated rings. The minimum absolute atomic E-state index is 0.363. The lowest BCUT2D eigenvalue weighted by molar-refractivity contribution is 0.489. The molecule has 0 unspecified atom stereocenters. The molecular weight excluding hydrogens is 349 g/mol. The van der Waals surface area contributed by atoms with Gasteiger partial charge in [0.05, 0.1) is 5.69 Å². The number of aromatic nitrogens is 2. The predicted octanol–water partition coefficient (Wildman–Crippen LogP) is 4.94. The van der Waals surface area contributed by atoms with E-state index in [2.05, 4.69) is 33.9 Å². The molecule has 28 heavy (non-hydrogen) atoms. The van der Waals surface area contributed by atoms with E-state index in [0.717, 1.165) is 33.5 Å². The molecule has 1 N–H and O–H groups in total. The topological polar surface area (TPSA) is 31.9 Å². The summed E-state index contributed by atoms with van der Waals surface area (Å²) in [5, 5.41) is 1.05. The predicted molar refractivity (Wildman–Crippen MR) is 112 cm³/mol. The van der Waals surface area contributed by atoms with Crippen LogP contribution in [0.25, 0.3) is 11.0 Å². The van der Waals surface area contributed by atoms with Crippen LogP contribution in [0.4, 0.5) is 10.1 Å². The summed E-state index contributed by atoms with van der Waals surface area (Å²) in [6, 6.07) is 23.9. The number of fused-ring (bicyclic) bond motifs is 1. The lowest BCUT2D eigenvalue weighted by atomic mass is 10.1. The van der Waals surface area contributed by atoms with Crippen molar-refractivity contribution in [1.29, 1.82) is 0 Å². The van der Waals surface area contributed by atoms with Crippen molar-refractivity contribution in [3.05, 3.63) is 95.8 Å². The Bertz CT molecular complexity index is 1070. The highest BCUT2D eigenvalue weighted by atomic mass is 19.1. The van der Waals surface area contributed by atoms with Crippen LogP contribution in [0.3, 0.4) is 0 Å². The summed E-state index contributed by atoms with van der Waals surface area (Å²) in [5.74, 6) is 6.31. The van der Waals surface area contributed by atoms with Crippen LogP contribution in [0.2, 0.25) is 0 Å². The van der Waals surface area contributed by atoms with Gasteiger partial charge in [0.15, 0.2) is 0 Å². The Morgan fingerprint density at radius 1 is 0.929 bits per heavy atom. The molecule has 138 valence electrons. The zero-order chi connectivity index (χ0) is 19.2. The van der Waals surface area contributed by atoms with Gasteiger partial charge in [-0.1, -0.05) is 36.3 Å². The van der Waals surface area contributed by atoms with E-state index in [-0.39, 0.29) is 6.67 Å². The molecule has 0 saturated heterocycles. The standard InChI is InChI=1S/C24H20FN3/c25-14-16-28(18-20-5-2-1-3-6-20)23-12-9-19(10-13-23)8-11-22-17-21-7-4-15-26-24(21)27-22/h1-7,9-10,12-13,15,17H,14,16,18H2,(H,26,27). The van der Waals surface area contributed by atoms with Crippen molar-refractivity contribution >= 4 is 16.7 Å². The molecule has 0 amide bonds. The van der Waals surface area contributed by atoms with E-state index in [9.17, 15) is 4.39 Å². The molecule has 0 radical (unpaired) electrons. The molecule has 4 heteroatoms. The molecule has 0 aliphatic rings. The van der Waals surface area contributed by atoms with Crippen molar-refractivity contribution in [2.75, 3.05) is 18.1 Å². The number of H-pyrrole nitrogens is 1. The fraction of sp³-hybridized carbons (Fsp3) is 0.125. The third-order valence-electron chi connectivity index (χ3n) is 4.54. The Kier molecular flexibility index (Phi) is 5.35. The lowest BCUT2D eigenvalue weighted by Crippen LogP contribution is -2.25. The van der Waals surface area contributed by atoms with Gasteiger partial charge < -0.3 is 9.88 Å². The molecule has 0 spiro atoms. The Morgan fingerprint density at radius 3 is 2.50 bits per heavy atom. The molecular formula is C24H20FN3. The minimum atomic E-state index is -0.386. The number of aromatic amines is 1. The van der Waals surface area contributed by atoms with Crippen molar-refractivity contribution in [3.8, 4) is 11.8 Å². The maximum atomic E-state index is 13.0. The lowest BCUT2D eigenvalue weighted by Gasteiger charge is -2.23. The number of halogens is 1. The van der Waals surface area contributed by atoms with Crippen molar-refractivity contribution < 1.29 is 4.39 Å². The van der Waals surface area contributed by atoms with E-state index in [1.807, 2.05) is 65.6 Å². The molecule has 2 aromatic carbocycles. The van der Waals surface area contributed by atoms with Gasteiger partial charge in [-0.3, -0.25) is 0 Å². The summed E-state index contributed by atoms with van der Waals surface area (Å²) in [4.78, 5) is 9.52. The van der Waals surface area contributed by atoms with E-state index in [0.29, 0.717) is 13.1 Å². The smallest absolute Gasteiger partial charge is 0.138 e. The van der Waals surface area contributed by atoms with Crippen LogP contribution in [0.15, 0.2) is 79.0 Å². The van der Waals surface area contributed by atoms with Crippen molar-refractivity contribution in [3.63, 3.8) is 0 Å². The molecule has 3 nitrogen and oxygen atoms in total. The van der Waals surface area contributed by atoms with Crippen LogP contribution in [0.1, 0.15) is 16.8 Å². The van der Waals surface area contributed by atoms with Crippen LogP contribution in [0, 0.1) is 11.8 Å². The summed E-state index contributed by atoms with van der Waals surface area (Å²) in [6.07, 6.45) is 1.76. The van der Waals surface area contributed by atoms with Gasteiger partial charge in [-0.05, 0) is 53.9 Å². The van der Waals surface area contributed by atoms with Crippen LogP contribution >= 0.6 is 0 Å². The Labute approximate surface area is 163 Å². The second kappa shape index (κ2) is 8.41. The quantitative estimate of drug-likeness (QED) is 0.505. The monoisotopic (exact) mass is 369 g/mol. The van der Waals surface area contributed by atoms with Crippen LogP contribution in [-0.2, 0) is 6.54 Å². The number of anilines is 1. The summed E-state index contributed by atoms with van der Waals surface area (Å²) >= 11 is 0. The molecule has 4 aromatic rings. The van der Waals surface area contributed by atoms with Gasteiger partial charge >= 0.3 is 0 Å². The van der Waals surface area contributed by atoms with E-state index >= 15 is 0 Å². The Morgan fingerprint density at radius 2 is 1.75 bits per heavy atom. The second-order valence-electron chi connectivity index (χ2n) is 6.52. The normalized spacial score (nSPS) is 10.5. The summed E-state index contributed by atoms with van der Waals surface area (Å²) in [6.45, 7) is 0.655. The van der Waals surface area contributed by atoms with Gasteiger partial charge in [0.1, 0.15) is 12.3 Å². The van der Waals surface area contributed by atoms with E-state index in [1.54, 1.807) is 6.20 Å². The molecule has 2 heterocycles. The fourth-order valence-corrected chi connectivity index (χ4v) is 3.13. The average Bonchev–Trinajstić information content (AvgIpc) is 3.16. The first-order chi connectivity index (χ1) is 13.8. The number of nitrogens with zero attached hydrogens (tertiary/aromatic N) is 2. The Hall–Kier alpha value is -3.58. The van der Waals surface area contributed by atoms with Gasteiger partial charge in [-0.25, -0.2) is 9.37 Å². The summed E-state index contributed by atoms with van der Waals surface area (Å²) in [7, 11) is 0. The first kappa shape index (κ1) is 17.8. The first-order valence-corrected chi connectivity index (χ1v) is 9.22. The van der Waals surface area contributed by atoms with E-state index in [4.69, 9.17) is 0 Å². The number of rotatable bonds is 5. The molecule has 0 saturated carbocycles. The maximum absolute atomic E-state index is 13.0. The van der Waals surface area contributed by atoms with Crippen molar-refractivity contribution in [2.45, 2.75) is 6.54 Å². The zero-order valence-electron chi connectivity index (χ0n) is 15.4. The SMILES string of the molecule is FCCN(Cc1ccccc1)c1ccc(C#Cc2cc3cccnc3[nH]2)cc1. The number of nitrogens with one attached hydrogen (secondary N) is 1. The van der Waals surface area contributed by atoms with Gasteiger partial charge in [0.25, 0.3) is 0 Å². The molecule has 0 atom stereocenters. The summed E-state index contributed by atoms with van der Waals surface area (Å²) < 4.78 is 13.0. The average molecular weight is 369 g/mol. The van der Waals surface area contributed by atoms with Gasteiger partial charge in [-0.15, -0.1) is 0 Å². The molecule has 0 aliphatic carbocycles. The highest BCUT2D eigenvalue weighted by Crippen LogP contribution is 2.18. The van der Waals surface area contributed by atoms with Gasteiger partial charge in [0.2, 0.25) is 0 Å². The summed E-state index contributed by atoms with van der Waals surface area (Å²) in [5.41, 5.74) is 4.73. The third kappa shape index (κ3) is 4.21. The number of hydrogen-bond donors (Lipinski definition) is 1. The zero-order valence-corrected chi connectivity index (χ0v) is 15.4. The molecule has 0 aliphatic heterocycles. The maximum Gasteiger partial charge on any atom is 0.138 e. The highest BCUT2D eigenvalue weighted by Gasteiger charge is 2.07. The molecule has 0 bridgehead atoms. The van der Waals surface area contributed by atoms with Crippen molar-refractivity contribution in [2.24, 2.45) is 0 Å². The van der Waals surface area contributed by atoms with Crippen LogP contribution in [-0.4, -0.2) is 23.2 Å². The number of alkyl halides is 1. The minimum Gasteiger partial charge on any atom is -0.365 e. The van der Waals surface area contributed by atoms with Gasteiger partial charge in [-0.2, -0.15) is 0 Å². The third-order valence-corrected chi connectivity index (χ3v) is 4.54. The molecule has 2 aromatic heterocycles.